The van der Waals surface area contributed by atoms with Gasteiger partial charge in [0.25, 0.3) is 0 Å². The molecule has 0 radical (unpaired) electrons. The molecule has 0 aromatic heterocycles. The summed E-state index contributed by atoms with van der Waals surface area (Å²) in [5.74, 6) is 1.87. The van der Waals surface area contributed by atoms with E-state index in [1.54, 1.807) is 12.1 Å². The minimum Gasteiger partial charge on any atom is -0.449 e. The Morgan fingerprint density at radius 3 is 2.94 bits per heavy atom. The van der Waals surface area contributed by atoms with Crippen molar-refractivity contribution in [3.63, 3.8) is 0 Å². The molecule has 1 aromatic carbocycles. The number of ether oxygens (including phenoxy) is 1. The lowest BCUT2D eigenvalue weighted by Crippen LogP contribution is -2.20. The first-order chi connectivity index (χ1) is 8.63. The fraction of sp³-hybridized carbons (Fsp3) is 0.357. The number of esters is 1. The number of anilines is 1. The van der Waals surface area contributed by atoms with Gasteiger partial charge in [-0.2, -0.15) is 0 Å². The third-order valence-corrected chi connectivity index (χ3v) is 2.27. The number of carbonyl (C=O) groups is 1. The molecule has 0 atom stereocenters. The molecule has 0 saturated heterocycles. The van der Waals surface area contributed by atoms with Gasteiger partial charge in [-0.05, 0) is 32.3 Å². The molecule has 18 heavy (non-hydrogen) atoms. The largest absolute Gasteiger partial charge is 0.449 e. The van der Waals surface area contributed by atoms with Crippen LogP contribution in [0.5, 0.6) is 0 Å². The van der Waals surface area contributed by atoms with Gasteiger partial charge in [0.2, 0.25) is 0 Å². The predicted octanol–water partition coefficient (Wildman–Crippen LogP) is 1.45. The summed E-state index contributed by atoms with van der Waals surface area (Å²) in [5.41, 5.74) is 1.40. The Kier molecular flexibility index (Phi) is 5.75. The first-order valence-corrected chi connectivity index (χ1v) is 5.72. The second-order valence-electron chi connectivity index (χ2n) is 4.09. The van der Waals surface area contributed by atoms with E-state index in [2.05, 4.69) is 16.1 Å². The van der Waals surface area contributed by atoms with Gasteiger partial charge in [-0.3, -0.25) is 0 Å². The van der Waals surface area contributed by atoms with Crippen LogP contribution in [-0.4, -0.2) is 44.7 Å². The van der Waals surface area contributed by atoms with Crippen molar-refractivity contribution in [1.29, 1.82) is 0 Å². The Morgan fingerprint density at radius 2 is 2.28 bits per heavy atom. The van der Waals surface area contributed by atoms with E-state index in [1.165, 1.54) is 0 Å². The summed E-state index contributed by atoms with van der Waals surface area (Å²) >= 11 is 0. The van der Waals surface area contributed by atoms with Gasteiger partial charge in [0, 0.05) is 18.8 Å². The lowest BCUT2D eigenvalue weighted by Gasteiger charge is -2.11. The van der Waals surface area contributed by atoms with Crippen LogP contribution in [0, 0.1) is 12.3 Å². The Labute approximate surface area is 108 Å². The average molecular weight is 246 g/mol. The second-order valence-corrected chi connectivity index (χ2v) is 4.09. The van der Waals surface area contributed by atoms with Crippen molar-refractivity contribution >= 4 is 11.7 Å². The van der Waals surface area contributed by atoms with E-state index in [-0.39, 0.29) is 6.61 Å². The number of nitrogens with one attached hydrogen (secondary N) is 1. The van der Waals surface area contributed by atoms with Crippen LogP contribution in [0.15, 0.2) is 24.3 Å². The molecule has 0 aliphatic heterocycles. The zero-order chi connectivity index (χ0) is 13.4. The summed E-state index contributed by atoms with van der Waals surface area (Å²) in [4.78, 5) is 13.7. The molecule has 0 spiro atoms. The van der Waals surface area contributed by atoms with Crippen molar-refractivity contribution in [3.8, 4) is 12.3 Å². The molecular weight excluding hydrogens is 228 g/mol. The molecule has 1 N–H and O–H groups in total. The number of hydrogen-bond donors (Lipinski definition) is 1. The Morgan fingerprint density at radius 1 is 1.50 bits per heavy atom. The van der Waals surface area contributed by atoms with Crippen molar-refractivity contribution in [2.45, 2.75) is 0 Å². The fourth-order valence-electron chi connectivity index (χ4n) is 1.37. The Hall–Kier alpha value is -1.99. The molecule has 1 aromatic rings. The zero-order valence-corrected chi connectivity index (χ0v) is 10.8. The first kappa shape index (κ1) is 14.1. The summed E-state index contributed by atoms with van der Waals surface area (Å²) in [6.07, 6.45) is 5.03. The quantitative estimate of drug-likeness (QED) is 0.609. The number of likely N-dealkylation sites (N-methyl/N-ethyl adjacent to an activating group) is 1. The van der Waals surface area contributed by atoms with Crippen molar-refractivity contribution in [1.82, 2.24) is 4.90 Å². The van der Waals surface area contributed by atoms with Gasteiger partial charge in [-0.15, -0.1) is 6.42 Å². The SMILES string of the molecule is C#CCOC(=O)c1cccc(NCCN(C)C)c1. The van der Waals surface area contributed by atoms with Gasteiger partial charge in [-0.1, -0.05) is 12.0 Å². The van der Waals surface area contributed by atoms with Gasteiger partial charge in [-0.25, -0.2) is 4.79 Å². The zero-order valence-electron chi connectivity index (χ0n) is 10.8. The molecular formula is C14H18N2O2. The standard InChI is InChI=1S/C14H18N2O2/c1-4-10-18-14(17)12-6-5-7-13(11-12)15-8-9-16(2)3/h1,5-7,11,15H,8-10H2,2-3H3. The smallest absolute Gasteiger partial charge is 0.339 e. The molecule has 0 unspecified atom stereocenters. The molecule has 96 valence electrons. The van der Waals surface area contributed by atoms with Crippen LogP contribution >= 0.6 is 0 Å². The highest BCUT2D eigenvalue weighted by Gasteiger charge is 2.06. The van der Waals surface area contributed by atoms with Crippen LogP contribution in [0.1, 0.15) is 10.4 Å². The maximum Gasteiger partial charge on any atom is 0.339 e. The van der Waals surface area contributed by atoms with Gasteiger partial charge >= 0.3 is 5.97 Å². The summed E-state index contributed by atoms with van der Waals surface area (Å²) < 4.78 is 4.86. The van der Waals surface area contributed by atoms with Crippen LogP contribution in [0.4, 0.5) is 5.69 Å². The van der Waals surface area contributed by atoms with Gasteiger partial charge < -0.3 is 15.0 Å². The molecule has 4 nitrogen and oxygen atoms in total. The van der Waals surface area contributed by atoms with Crippen LogP contribution in [0.3, 0.4) is 0 Å². The highest BCUT2D eigenvalue weighted by Crippen LogP contribution is 2.11. The molecule has 0 amide bonds. The van der Waals surface area contributed by atoms with E-state index in [9.17, 15) is 4.79 Å². The van der Waals surface area contributed by atoms with Crippen LogP contribution in [-0.2, 0) is 4.74 Å². The van der Waals surface area contributed by atoms with Gasteiger partial charge in [0.15, 0.2) is 6.61 Å². The number of carbonyl (C=O) groups excluding carboxylic acids is 1. The van der Waals surface area contributed by atoms with Gasteiger partial charge in [0.05, 0.1) is 5.56 Å². The molecule has 0 saturated carbocycles. The summed E-state index contributed by atoms with van der Waals surface area (Å²) in [7, 11) is 4.02. The Bertz CT molecular complexity index is 436. The van der Waals surface area contributed by atoms with Crippen molar-refractivity contribution in [3.05, 3.63) is 29.8 Å². The average Bonchev–Trinajstić information content (AvgIpc) is 2.36. The highest BCUT2D eigenvalue weighted by molar-refractivity contribution is 5.90. The maximum absolute atomic E-state index is 11.6. The summed E-state index contributed by atoms with van der Waals surface area (Å²) in [5, 5.41) is 3.24. The summed E-state index contributed by atoms with van der Waals surface area (Å²) in [6.45, 7) is 1.73. The van der Waals surface area contributed by atoms with E-state index in [1.807, 2.05) is 26.2 Å². The molecule has 0 aliphatic carbocycles. The third kappa shape index (κ3) is 4.89. The number of rotatable bonds is 6. The van der Waals surface area contributed by atoms with E-state index in [0.717, 1.165) is 18.8 Å². The van der Waals surface area contributed by atoms with Crippen LogP contribution < -0.4 is 5.32 Å². The number of benzene rings is 1. The number of nitrogens with zero attached hydrogens (tertiary/aromatic N) is 1. The monoisotopic (exact) mass is 246 g/mol. The van der Waals surface area contributed by atoms with Crippen LogP contribution in [0.2, 0.25) is 0 Å². The van der Waals surface area contributed by atoms with Crippen molar-refractivity contribution in [2.75, 3.05) is 39.1 Å². The van der Waals surface area contributed by atoms with E-state index < -0.39 is 5.97 Å². The molecule has 0 bridgehead atoms. The lowest BCUT2D eigenvalue weighted by atomic mass is 10.2. The maximum atomic E-state index is 11.6. The minimum absolute atomic E-state index is 0.00286. The number of terminal acetylenes is 1. The lowest BCUT2D eigenvalue weighted by molar-refractivity contribution is 0.0557. The third-order valence-electron chi connectivity index (χ3n) is 2.27. The highest BCUT2D eigenvalue weighted by atomic mass is 16.5. The normalized spacial score (nSPS) is 9.89. The topological polar surface area (TPSA) is 41.6 Å². The summed E-state index contributed by atoms with van der Waals surface area (Å²) in [6, 6.07) is 7.18. The van der Waals surface area contributed by atoms with Crippen LogP contribution in [0.25, 0.3) is 0 Å². The molecule has 0 fully saturated rings. The Balaban J connectivity index is 2.56. The molecule has 0 aliphatic rings. The molecule has 0 heterocycles. The van der Waals surface area contributed by atoms with Crippen molar-refractivity contribution in [2.24, 2.45) is 0 Å². The second kappa shape index (κ2) is 7.36. The van der Waals surface area contributed by atoms with Gasteiger partial charge in [0.1, 0.15) is 0 Å². The fourth-order valence-corrected chi connectivity index (χ4v) is 1.37. The molecule has 4 heteroatoms. The predicted molar refractivity (Wildman–Crippen MR) is 72.6 cm³/mol. The first-order valence-electron chi connectivity index (χ1n) is 5.72. The minimum atomic E-state index is -0.399. The number of hydrogen-bond acceptors (Lipinski definition) is 4. The van der Waals surface area contributed by atoms with Crippen molar-refractivity contribution < 1.29 is 9.53 Å². The van der Waals surface area contributed by atoms with E-state index >= 15 is 0 Å². The molecule has 1 rings (SSSR count). The van der Waals surface area contributed by atoms with E-state index in [0.29, 0.717) is 5.56 Å². The van der Waals surface area contributed by atoms with E-state index in [4.69, 9.17) is 11.2 Å².